The summed E-state index contributed by atoms with van der Waals surface area (Å²) < 4.78 is 4.70. The first-order valence-electron chi connectivity index (χ1n) is 7.98. The molecule has 0 aromatic rings. The molecule has 1 heterocycles. The maximum absolute atomic E-state index is 11.2. The Kier molecular flexibility index (Phi) is 6.26. The van der Waals surface area contributed by atoms with E-state index in [1.165, 1.54) is 32.8 Å². The van der Waals surface area contributed by atoms with Gasteiger partial charge in [-0.3, -0.25) is 9.69 Å². The lowest BCUT2D eigenvalue weighted by molar-refractivity contribution is -0.141. The van der Waals surface area contributed by atoms with Crippen molar-refractivity contribution >= 4 is 5.97 Å². The number of hydrogen-bond donors (Lipinski definition) is 1. The van der Waals surface area contributed by atoms with Crippen molar-refractivity contribution in [3.8, 4) is 0 Å². The summed E-state index contributed by atoms with van der Waals surface area (Å²) in [6.07, 6.45) is 5.81. The maximum atomic E-state index is 11.2. The highest BCUT2D eigenvalue weighted by Gasteiger charge is 2.31. The van der Waals surface area contributed by atoms with E-state index >= 15 is 0 Å². The molecule has 0 aromatic heterocycles. The Bertz CT molecular complexity index is 303. The molecule has 0 radical (unpaired) electrons. The molecule has 2 rings (SSSR count). The second-order valence-corrected chi connectivity index (χ2v) is 6.05. The molecule has 1 aliphatic heterocycles. The fourth-order valence-electron chi connectivity index (χ4n) is 3.61. The van der Waals surface area contributed by atoms with Crippen LogP contribution >= 0.6 is 0 Å². The van der Waals surface area contributed by atoms with E-state index in [0.29, 0.717) is 18.4 Å². The summed E-state index contributed by atoms with van der Waals surface area (Å²) >= 11 is 0. The number of nitrogens with two attached hydrogens (primary N) is 1. The van der Waals surface area contributed by atoms with Gasteiger partial charge < -0.3 is 15.4 Å². The van der Waals surface area contributed by atoms with Gasteiger partial charge >= 0.3 is 5.97 Å². The monoisotopic (exact) mass is 283 g/mol. The van der Waals surface area contributed by atoms with Gasteiger partial charge in [0.05, 0.1) is 13.5 Å². The fourth-order valence-corrected chi connectivity index (χ4v) is 3.61. The van der Waals surface area contributed by atoms with Crippen LogP contribution in [0.25, 0.3) is 0 Å². The van der Waals surface area contributed by atoms with Gasteiger partial charge in [0, 0.05) is 38.8 Å². The molecule has 116 valence electrons. The van der Waals surface area contributed by atoms with Crippen LogP contribution in [0.1, 0.15) is 32.1 Å². The Labute approximate surface area is 122 Å². The van der Waals surface area contributed by atoms with Gasteiger partial charge in [-0.1, -0.05) is 12.8 Å². The summed E-state index contributed by atoms with van der Waals surface area (Å²) in [5.74, 6) is 0.577. The maximum Gasteiger partial charge on any atom is 0.306 e. The number of hydrogen-bond acceptors (Lipinski definition) is 5. The molecule has 1 saturated heterocycles. The van der Waals surface area contributed by atoms with Crippen LogP contribution in [0.2, 0.25) is 0 Å². The molecule has 2 unspecified atom stereocenters. The molecule has 1 saturated carbocycles. The average molecular weight is 283 g/mol. The van der Waals surface area contributed by atoms with Gasteiger partial charge in [0.1, 0.15) is 0 Å². The predicted molar refractivity (Wildman–Crippen MR) is 79.4 cm³/mol. The van der Waals surface area contributed by atoms with Gasteiger partial charge in [-0.15, -0.1) is 0 Å². The van der Waals surface area contributed by atoms with Crippen molar-refractivity contribution in [1.29, 1.82) is 0 Å². The lowest BCUT2D eigenvalue weighted by Gasteiger charge is -2.44. The van der Waals surface area contributed by atoms with E-state index in [2.05, 4.69) is 9.80 Å². The summed E-state index contributed by atoms with van der Waals surface area (Å²) in [7, 11) is 1.45. The highest BCUT2D eigenvalue weighted by atomic mass is 16.5. The molecule has 0 bridgehead atoms. The third-order valence-corrected chi connectivity index (χ3v) is 4.91. The Hall–Kier alpha value is -0.650. The normalized spacial score (nSPS) is 29.3. The first kappa shape index (κ1) is 15.7. The molecule has 2 atom stereocenters. The molecular formula is C15H29N3O2. The van der Waals surface area contributed by atoms with E-state index in [-0.39, 0.29) is 5.97 Å². The number of esters is 1. The second kappa shape index (κ2) is 7.96. The smallest absolute Gasteiger partial charge is 0.306 e. The van der Waals surface area contributed by atoms with E-state index in [9.17, 15) is 4.79 Å². The number of carbonyl (C=O) groups excluding carboxylic acids is 1. The molecule has 0 amide bonds. The second-order valence-electron chi connectivity index (χ2n) is 6.05. The van der Waals surface area contributed by atoms with Crippen molar-refractivity contribution in [2.75, 3.05) is 46.4 Å². The molecule has 5 nitrogen and oxygen atoms in total. The van der Waals surface area contributed by atoms with Gasteiger partial charge in [-0.2, -0.15) is 0 Å². The van der Waals surface area contributed by atoms with Crippen LogP contribution in [0, 0.1) is 5.92 Å². The van der Waals surface area contributed by atoms with Gasteiger partial charge in [-0.25, -0.2) is 0 Å². The highest BCUT2D eigenvalue weighted by molar-refractivity contribution is 5.69. The predicted octanol–water partition coefficient (Wildman–Crippen LogP) is 0.685. The van der Waals surface area contributed by atoms with Crippen molar-refractivity contribution in [3.63, 3.8) is 0 Å². The van der Waals surface area contributed by atoms with Crippen LogP contribution in [0.15, 0.2) is 0 Å². The van der Waals surface area contributed by atoms with Crippen LogP contribution in [0.5, 0.6) is 0 Å². The topological polar surface area (TPSA) is 58.8 Å². The molecule has 0 aromatic carbocycles. The summed E-state index contributed by atoms with van der Waals surface area (Å²) in [4.78, 5) is 16.2. The van der Waals surface area contributed by atoms with Crippen LogP contribution in [0.3, 0.4) is 0 Å². The number of ether oxygens (including phenoxy) is 1. The summed E-state index contributed by atoms with van der Waals surface area (Å²) in [6.45, 7) is 6.00. The third kappa shape index (κ3) is 4.17. The van der Waals surface area contributed by atoms with Gasteiger partial charge in [0.2, 0.25) is 0 Å². The SMILES string of the molecule is COC(=O)CCN1CCN(C2CCCCC2CN)CC1. The molecule has 20 heavy (non-hydrogen) atoms. The lowest BCUT2D eigenvalue weighted by atomic mass is 9.83. The summed E-state index contributed by atoms with van der Waals surface area (Å²) in [6, 6.07) is 0.691. The van der Waals surface area contributed by atoms with E-state index in [0.717, 1.165) is 39.3 Å². The van der Waals surface area contributed by atoms with Crippen molar-refractivity contribution in [2.45, 2.75) is 38.1 Å². The van der Waals surface area contributed by atoms with Crippen LogP contribution in [-0.4, -0.2) is 68.2 Å². The van der Waals surface area contributed by atoms with E-state index in [1.54, 1.807) is 0 Å². The van der Waals surface area contributed by atoms with Gasteiger partial charge in [0.15, 0.2) is 0 Å². The molecule has 1 aliphatic carbocycles. The molecule has 0 spiro atoms. The molecule has 2 N–H and O–H groups in total. The first-order chi connectivity index (χ1) is 9.74. The van der Waals surface area contributed by atoms with E-state index in [4.69, 9.17) is 10.5 Å². The van der Waals surface area contributed by atoms with E-state index in [1.807, 2.05) is 0 Å². The van der Waals surface area contributed by atoms with Crippen molar-refractivity contribution in [2.24, 2.45) is 11.7 Å². The number of rotatable bonds is 5. The van der Waals surface area contributed by atoms with E-state index < -0.39 is 0 Å². The Morgan fingerprint density at radius 1 is 1.20 bits per heavy atom. The summed E-state index contributed by atoms with van der Waals surface area (Å²) in [5, 5.41) is 0. The zero-order valence-corrected chi connectivity index (χ0v) is 12.7. The number of piperazine rings is 1. The van der Waals surface area contributed by atoms with Gasteiger partial charge in [0.25, 0.3) is 0 Å². The minimum absolute atomic E-state index is 0.108. The summed E-state index contributed by atoms with van der Waals surface area (Å²) in [5.41, 5.74) is 5.94. The van der Waals surface area contributed by atoms with Crippen molar-refractivity contribution in [1.82, 2.24) is 9.80 Å². The largest absolute Gasteiger partial charge is 0.469 e. The molecule has 5 heteroatoms. The lowest BCUT2D eigenvalue weighted by Crippen LogP contribution is -2.54. The van der Waals surface area contributed by atoms with Crippen LogP contribution in [0.4, 0.5) is 0 Å². The third-order valence-electron chi connectivity index (χ3n) is 4.91. The first-order valence-corrected chi connectivity index (χ1v) is 7.98. The van der Waals surface area contributed by atoms with Crippen molar-refractivity contribution in [3.05, 3.63) is 0 Å². The fraction of sp³-hybridized carbons (Fsp3) is 0.933. The molecule has 2 fully saturated rings. The quantitative estimate of drug-likeness (QED) is 0.752. The Balaban J connectivity index is 1.74. The zero-order chi connectivity index (χ0) is 14.4. The van der Waals surface area contributed by atoms with Crippen molar-refractivity contribution < 1.29 is 9.53 Å². The molecular weight excluding hydrogens is 254 g/mol. The standard InChI is InChI=1S/C15H29N3O2/c1-20-15(19)6-7-17-8-10-18(11-9-17)14-5-3-2-4-13(14)12-16/h13-14H,2-12,16H2,1H3. The minimum Gasteiger partial charge on any atom is -0.469 e. The number of methoxy groups -OCH3 is 1. The number of nitrogens with zero attached hydrogens (tertiary/aromatic N) is 2. The number of carbonyl (C=O) groups is 1. The zero-order valence-electron chi connectivity index (χ0n) is 12.7. The van der Waals surface area contributed by atoms with Crippen LogP contribution in [-0.2, 0) is 9.53 Å². The van der Waals surface area contributed by atoms with Gasteiger partial charge in [-0.05, 0) is 25.3 Å². The molecule has 2 aliphatic rings. The minimum atomic E-state index is -0.108. The average Bonchev–Trinajstić information content (AvgIpc) is 2.53. The highest BCUT2D eigenvalue weighted by Crippen LogP contribution is 2.28. The Morgan fingerprint density at radius 3 is 2.55 bits per heavy atom. The van der Waals surface area contributed by atoms with Crippen LogP contribution < -0.4 is 5.73 Å². The Morgan fingerprint density at radius 2 is 1.90 bits per heavy atom.